The topological polar surface area (TPSA) is 87.4 Å². The molecule has 0 bridgehead atoms. The summed E-state index contributed by atoms with van der Waals surface area (Å²) in [6.07, 6.45) is 0. The van der Waals surface area contributed by atoms with Gasteiger partial charge in [0.25, 0.3) is 5.91 Å². The highest BCUT2D eigenvalue weighted by Gasteiger charge is 2.13. The van der Waals surface area contributed by atoms with Crippen molar-refractivity contribution < 1.29 is 9.90 Å². The Bertz CT molecular complexity index is 421. The zero-order valence-electron chi connectivity index (χ0n) is 11.0. The van der Waals surface area contributed by atoms with E-state index in [0.29, 0.717) is 16.9 Å². The number of nitrogen functional groups attached to an aromatic ring is 1. The van der Waals surface area contributed by atoms with E-state index in [1.807, 2.05) is 13.8 Å². The first-order chi connectivity index (χ1) is 8.49. The number of hydrogen-bond donors (Lipinski definition) is 4. The Morgan fingerprint density at radius 2 is 2.11 bits per heavy atom. The van der Waals surface area contributed by atoms with Gasteiger partial charge in [0.1, 0.15) is 0 Å². The second kappa shape index (κ2) is 6.26. The lowest BCUT2D eigenvalue weighted by atomic mass is 10.0. The maximum absolute atomic E-state index is 11.5. The van der Waals surface area contributed by atoms with Gasteiger partial charge in [-0.3, -0.25) is 4.79 Å². The molecule has 0 aliphatic heterocycles. The number of amides is 1. The molecule has 0 aliphatic rings. The number of aliphatic hydroxyl groups excluding tert-OH is 1. The minimum atomic E-state index is -0.152. The van der Waals surface area contributed by atoms with E-state index < -0.39 is 0 Å². The predicted molar refractivity (Wildman–Crippen MR) is 73.6 cm³/mol. The van der Waals surface area contributed by atoms with Crippen molar-refractivity contribution in [2.24, 2.45) is 5.92 Å². The van der Waals surface area contributed by atoms with E-state index in [1.54, 1.807) is 25.2 Å². The van der Waals surface area contributed by atoms with E-state index in [2.05, 4.69) is 10.6 Å². The summed E-state index contributed by atoms with van der Waals surface area (Å²) in [6.45, 7) is 4.01. The first-order valence-electron chi connectivity index (χ1n) is 5.98. The second-order valence-electron chi connectivity index (χ2n) is 4.47. The average Bonchev–Trinajstić information content (AvgIpc) is 2.39. The fourth-order valence-electron chi connectivity index (χ4n) is 1.51. The molecule has 0 aliphatic carbocycles. The summed E-state index contributed by atoms with van der Waals surface area (Å²) in [5.41, 5.74) is 7.71. The standard InChI is InChI=1S/C13H21N3O2/c1-8(7-17)9(2)16-12-6-10(13(18)15-3)4-5-11(12)14/h4-6,8-9,16-17H,7,14H2,1-3H3,(H,15,18). The highest BCUT2D eigenvalue weighted by Crippen LogP contribution is 2.22. The van der Waals surface area contributed by atoms with E-state index in [1.165, 1.54) is 0 Å². The number of rotatable bonds is 5. The third-order valence-electron chi connectivity index (χ3n) is 3.07. The van der Waals surface area contributed by atoms with Gasteiger partial charge < -0.3 is 21.5 Å². The lowest BCUT2D eigenvalue weighted by Gasteiger charge is -2.21. The lowest BCUT2D eigenvalue weighted by molar-refractivity contribution is 0.0963. The number of benzene rings is 1. The fraction of sp³-hybridized carbons (Fsp3) is 0.462. The largest absolute Gasteiger partial charge is 0.397 e. The molecule has 1 aromatic carbocycles. The molecule has 1 amide bonds. The smallest absolute Gasteiger partial charge is 0.251 e. The van der Waals surface area contributed by atoms with Crippen LogP contribution in [0, 0.1) is 5.92 Å². The number of carbonyl (C=O) groups excluding carboxylic acids is 1. The van der Waals surface area contributed by atoms with Crippen LogP contribution in [0.5, 0.6) is 0 Å². The molecule has 0 fully saturated rings. The van der Waals surface area contributed by atoms with Crippen LogP contribution in [-0.2, 0) is 0 Å². The monoisotopic (exact) mass is 251 g/mol. The van der Waals surface area contributed by atoms with Gasteiger partial charge in [0.05, 0.1) is 11.4 Å². The number of aliphatic hydroxyl groups is 1. The molecule has 5 N–H and O–H groups in total. The van der Waals surface area contributed by atoms with Gasteiger partial charge in [-0.1, -0.05) is 6.92 Å². The molecule has 18 heavy (non-hydrogen) atoms. The zero-order chi connectivity index (χ0) is 13.7. The predicted octanol–water partition coefficient (Wildman–Crippen LogP) is 1.06. The molecule has 5 heteroatoms. The summed E-state index contributed by atoms with van der Waals surface area (Å²) in [4.78, 5) is 11.5. The van der Waals surface area contributed by atoms with E-state index in [9.17, 15) is 4.79 Å². The number of nitrogens with two attached hydrogens (primary N) is 1. The van der Waals surface area contributed by atoms with Crippen molar-refractivity contribution in [3.63, 3.8) is 0 Å². The maximum Gasteiger partial charge on any atom is 0.251 e. The van der Waals surface area contributed by atoms with Crippen molar-refractivity contribution in [1.82, 2.24) is 5.32 Å². The van der Waals surface area contributed by atoms with Crippen molar-refractivity contribution in [2.45, 2.75) is 19.9 Å². The molecule has 2 unspecified atom stereocenters. The van der Waals surface area contributed by atoms with Crippen molar-refractivity contribution in [2.75, 3.05) is 24.7 Å². The summed E-state index contributed by atoms with van der Waals surface area (Å²) in [5.74, 6) is -0.0473. The fourth-order valence-corrected chi connectivity index (χ4v) is 1.51. The van der Waals surface area contributed by atoms with E-state index in [0.717, 1.165) is 0 Å². The molecule has 0 saturated carbocycles. The molecule has 0 saturated heterocycles. The highest BCUT2D eigenvalue weighted by molar-refractivity contribution is 5.96. The van der Waals surface area contributed by atoms with Gasteiger partial charge in [-0.2, -0.15) is 0 Å². The molecule has 0 heterocycles. The molecule has 1 aromatic rings. The van der Waals surface area contributed by atoms with Gasteiger partial charge in [0.2, 0.25) is 0 Å². The van der Waals surface area contributed by atoms with Crippen LogP contribution in [0.25, 0.3) is 0 Å². The second-order valence-corrected chi connectivity index (χ2v) is 4.47. The Kier molecular flexibility index (Phi) is 4.97. The Balaban J connectivity index is 2.91. The van der Waals surface area contributed by atoms with Crippen LogP contribution in [0.3, 0.4) is 0 Å². The molecule has 100 valence electrons. The van der Waals surface area contributed by atoms with Crippen molar-refractivity contribution in [3.8, 4) is 0 Å². The van der Waals surface area contributed by atoms with Crippen molar-refractivity contribution in [3.05, 3.63) is 23.8 Å². The molecule has 5 nitrogen and oxygen atoms in total. The van der Waals surface area contributed by atoms with E-state index >= 15 is 0 Å². The van der Waals surface area contributed by atoms with Gasteiger partial charge >= 0.3 is 0 Å². The Morgan fingerprint density at radius 1 is 1.44 bits per heavy atom. The summed E-state index contributed by atoms with van der Waals surface area (Å²) in [7, 11) is 1.59. The van der Waals surface area contributed by atoms with E-state index in [-0.39, 0.29) is 24.5 Å². The molecule has 2 atom stereocenters. The van der Waals surface area contributed by atoms with Crippen LogP contribution in [0.2, 0.25) is 0 Å². The molecular formula is C13H21N3O2. The van der Waals surface area contributed by atoms with E-state index in [4.69, 9.17) is 10.8 Å². The summed E-state index contributed by atoms with van der Waals surface area (Å²) in [6, 6.07) is 5.16. The van der Waals surface area contributed by atoms with Gasteiger partial charge in [-0.15, -0.1) is 0 Å². The molecule has 0 spiro atoms. The van der Waals surface area contributed by atoms with Crippen molar-refractivity contribution in [1.29, 1.82) is 0 Å². The van der Waals surface area contributed by atoms with Crippen LogP contribution < -0.4 is 16.4 Å². The Morgan fingerprint density at radius 3 is 2.67 bits per heavy atom. The lowest BCUT2D eigenvalue weighted by Crippen LogP contribution is -2.27. The maximum atomic E-state index is 11.5. The van der Waals surface area contributed by atoms with Gasteiger partial charge in [0.15, 0.2) is 0 Å². The van der Waals surface area contributed by atoms with Crippen molar-refractivity contribution >= 4 is 17.3 Å². The van der Waals surface area contributed by atoms with Crippen LogP contribution in [-0.4, -0.2) is 30.7 Å². The highest BCUT2D eigenvalue weighted by atomic mass is 16.3. The normalized spacial score (nSPS) is 13.8. The molecule has 0 aromatic heterocycles. The van der Waals surface area contributed by atoms with Crippen LogP contribution in [0.4, 0.5) is 11.4 Å². The molecule has 0 radical (unpaired) electrons. The summed E-state index contributed by atoms with van der Waals surface area (Å²) in [5, 5.41) is 14.9. The first-order valence-corrected chi connectivity index (χ1v) is 5.98. The van der Waals surface area contributed by atoms with Crippen LogP contribution in [0.15, 0.2) is 18.2 Å². The molecular weight excluding hydrogens is 230 g/mol. The average molecular weight is 251 g/mol. The van der Waals surface area contributed by atoms with Gasteiger partial charge in [-0.25, -0.2) is 0 Å². The SMILES string of the molecule is CNC(=O)c1ccc(N)c(NC(C)C(C)CO)c1. The third kappa shape index (κ3) is 3.37. The number of anilines is 2. The Hall–Kier alpha value is -1.75. The van der Waals surface area contributed by atoms with Crippen LogP contribution >= 0.6 is 0 Å². The quantitative estimate of drug-likeness (QED) is 0.589. The van der Waals surface area contributed by atoms with Crippen LogP contribution in [0.1, 0.15) is 24.2 Å². The van der Waals surface area contributed by atoms with Gasteiger partial charge in [-0.05, 0) is 31.0 Å². The third-order valence-corrected chi connectivity index (χ3v) is 3.07. The molecule has 1 rings (SSSR count). The number of carbonyl (C=O) groups is 1. The zero-order valence-corrected chi connectivity index (χ0v) is 11.0. The first kappa shape index (κ1) is 14.3. The number of nitrogens with one attached hydrogen (secondary N) is 2. The van der Waals surface area contributed by atoms with Gasteiger partial charge in [0, 0.05) is 25.3 Å². The minimum absolute atomic E-state index is 0.0669. The summed E-state index contributed by atoms with van der Waals surface area (Å²) < 4.78 is 0. The minimum Gasteiger partial charge on any atom is -0.397 e. The Labute approximate surface area is 107 Å². The number of hydrogen-bond acceptors (Lipinski definition) is 4. The summed E-state index contributed by atoms with van der Waals surface area (Å²) >= 11 is 0.